The van der Waals surface area contributed by atoms with Crippen molar-refractivity contribution in [1.82, 2.24) is 4.90 Å². The Hall–Kier alpha value is -1.54. The van der Waals surface area contributed by atoms with Crippen molar-refractivity contribution in [3.05, 3.63) is 23.8 Å². The van der Waals surface area contributed by atoms with Crippen LogP contribution >= 0.6 is 0 Å². The first kappa shape index (κ1) is 14.9. The second kappa shape index (κ2) is 5.84. The van der Waals surface area contributed by atoms with E-state index < -0.39 is 28.9 Å². The maximum atomic E-state index is 13.8. The van der Waals surface area contributed by atoms with Crippen LogP contribution in [-0.4, -0.2) is 53.1 Å². The first-order valence-corrected chi connectivity index (χ1v) is 7.51. The molecule has 1 aliphatic heterocycles. The Balaban J connectivity index is 2.21. The van der Waals surface area contributed by atoms with Crippen LogP contribution in [0.25, 0.3) is 0 Å². The third-order valence-corrected chi connectivity index (χ3v) is 4.13. The van der Waals surface area contributed by atoms with Gasteiger partial charge in [0.25, 0.3) is 0 Å². The molecule has 0 saturated carbocycles. The summed E-state index contributed by atoms with van der Waals surface area (Å²) in [6.07, 6.45) is 0.308. The molecule has 0 radical (unpaired) electrons. The molecule has 0 spiro atoms. The molecule has 20 heavy (non-hydrogen) atoms. The molecule has 1 aromatic rings. The molecule has 1 heterocycles. The molecule has 1 unspecified atom stereocenters. The van der Waals surface area contributed by atoms with Crippen LogP contribution in [0.4, 0.5) is 19.3 Å². The molecular weight excluding hydrogens is 290 g/mol. The van der Waals surface area contributed by atoms with Gasteiger partial charge >= 0.3 is 6.09 Å². The Morgan fingerprint density at radius 2 is 1.85 bits per heavy atom. The van der Waals surface area contributed by atoms with Gasteiger partial charge in [-0.1, -0.05) is 0 Å². The van der Waals surface area contributed by atoms with Crippen molar-refractivity contribution in [1.29, 1.82) is 0 Å². The molecule has 1 amide bonds. The quantitative estimate of drug-likeness (QED) is 0.841. The van der Waals surface area contributed by atoms with Crippen LogP contribution in [0, 0.1) is 11.6 Å². The van der Waals surface area contributed by atoms with E-state index in [1.54, 1.807) is 4.90 Å². The summed E-state index contributed by atoms with van der Waals surface area (Å²) in [4.78, 5) is 13.6. The van der Waals surface area contributed by atoms with Gasteiger partial charge in [0.1, 0.15) is 12.1 Å². The fraction of sp³-hybridized carbons (Fsp3) is 0.417. The molecule has 0 aromatic heterocycles. The van der Waals surface area contributed by atoms with Crippen molar-refractivity contribution in [2.24, 2.45) is 0 Å². The third-order valence-electron chi connectivity index (χ3n) is 3.20. The zero-order chi connectivity index (χ0) is 14.9. The average Bonchev–Trinajstić information content (AvgIpc) is 2.38. The minimum atomic E-state index is -1.55. The number of halogens is 2. The molecule has 1 atom stereocenters. The van der Waals surface area contributed by atoms with E-state index in [2.05, 4.69) is 0 Å². The van der Waals surface area contributed by atoms with Gasteiger partial charge in [-0.25, -0.2) is 13.6 Å². The van der Waals surface area contributed by atoms with Gasteiger partial charge < -0.3 is 19.5 Å². The number of piperazine rings is 1. The van der Waals surface area contributed by atoms with Crippen molar-refractivity contribution >= 4 is 23.0 Å². The van der Waals surface area contributed by atoms with Gasteiger partial charge in [0.05, 0.1) is 5.69 Å². The minimum Gasteiger partial charge on any atom is -0.612 e. The maximum absolute atomic E-state index is 13.8. The predicted octanol–water partition coefficient (Wildman–Crippen LogP) is 1.50. The predicted molar refractivity (Wildman–Crippen MR) is 70.5 cm³/mol. The standard InChI is InChI=1S/C12H14F2N2O3S/c1-20(19)11-7-10(8(13)6-9(11)14)15-2-4-16(5-3-15)12(17)18/h6-7H,2-5H2,1H3,(H,17,18). The van der Waals surface area contributed by atoms with Crippen LogP contribution in [-0.2, 0) is 11.2 Å². The van der Waals surface area contributed by atoms with Gasteiger partial charge in [-0.15, -0.1) is 0 Å². The Bertz CT molecular complexity index is 520. The molecule has 1 saturated heterocycles. The summed E-state index contributed by atoms with van der Waals surface area (Å²) < 4.78 is 38.7. The van der Waals surface area contributed by atoms with Crippen molar-refractivity contribution in [2.75, 3.05) is 37.3 Å². The summed E-state index contributed by atoms with van der Waals surface area (Å²) in [5.41, 5.74) is 0.154. The van der Waals surface area contributed by atoms with E-state index in [1.807, 2.05) is 0 Å². The van der Waals surface area contributed by atoms with E-state index in [1.165, 1.54) is 17.2 Å². The molecule has 8 heteroatoms. The van der Waals surface area contributed by atoms with E-state index in [-0.39, 0.29) is 23.7 Å². The van der Waals surface area contributed by atoms with Crippen LogP contribution in [0.2, 0.25) is 0 Å². The number of benzene rings is 1. The number of hydrogen-bond donors (Lipinski definition) is 1. The highest BCUT2D eigenvalue weighted by atomic mass is 32.2. The van der Waals surface area contributed by atoms with Crippen LogP contribution < -0.4 is 4.90 Å². The van der Waals surface area contributed by atoms with E-state index in [0.29, 0.717) is 13.1 Å². The zero-order valence-corrected chi connectivity index (χ0v) is 11.6. The number of carbonyl (C=O) groups is 1. The van der Waals surface area contributed by atoms with Gasteiger partial charge in [0.2, 0.25) is 0 Å². The summed E-state index contributed by atoms with van der Waals surface area (Å²) in [6, 6.07) is 1.95. The second-order valence-corrected chi connectivity index (χ2v) is 5.79. The normalized spacial score (nSPS) is 17.2. The number of amides is 1. The lowest BCUT2D eigenvalue weighted by Crippen LogP contribution is -2.48. The van der Waals surface area contributed by atoms with Crippen LogP contribution in [0.15, 0.2) is 17.0 Å². The lowest BCUT2D eigenvalue weighted by atomic mass is 10.2. The van der Waals surface area contributed by atoms with Crippen molar-refractivity contribution in [3.63, 3.8) is 0 Å². The van der Waals surface area contributed by atoms with E-state index in [9.17, 15) is 18.1 Å². The fourth-order valence-corrected chi connectivity index (χ4v) is 2.73. The molecule has 110 valence electrons. The smallest absolute Gasteiger partial charge is 0.407 e. The maximum Gasteiger partial charge on any atom is 0.407 e. The number of anilines is 1. The molecule has 5 nitrogen and oxygen atoms in total. The highest BCUT2D eigenvalue weighted by Crippen LogP contribution is 2.27. The zero-order valence-electron chi connectivity index (χ0n) is 10.8. The average molecular weight is 304 g/mol. The lowest BCUT2D eigenvalue weighted by molar-refractivity contribution is 0.142. The molecule has 1 N–H and O–H groups in total. The number of carboxylic acid groups (broad SMARTS) is 1. The van der Waals surface area contributed by atoms with Crippen molar-refractivity contribution in [2.45, 2.75) is 4.90 Å². The topological polar surface area (TPSA) is 66.8 Å². The SMILES string of the molecule is C[S+]([O-])c1cc(N2CCN(C(=O)O)CC2)c(F)cc1F. The summed E-state index contributed by atoms with van der Waals surface area (Å²) in [5, 5.41) is 8.85. The van der Waals surface area contributed by atoms with Gasteiger partial charge in [-0.3, -0.25) is 0 Å². The molecule has 1 aliphatic rings. The Morgan fingerprint density at radius 1 is 1.25 bits per heavy atom. The Kier molecular flexibility index (Phi) is 4.34. The Labute approximate surface area is 118 Å². The van der Waals surface area contributed by atoms with Gasteiger partial charge in [0.15, 0.2) is 10.7 Å². The highest BCUT2D eigenvalue weighted by Gasteiger charge is 2.25. The number of hydrogen-bond acceptors (Lipinski definition) is 3. The Morgan fingerprint density at radius 3 is 2.35 bits per heavy atom. The molecule has 1 aromatic carbocycles. The van der Waals surface area contributed by atoms with Crippen LogP contribution in [0.5, 0.6) is 0 Å². The molecular formula is C12H14F2N2O3S. The van der Waals surface area contributed by atoms with Crippen molar-refractivity contribution < 1.29 is 23.2 Å². The van der Waals surface area contributed by atoms with E-state index in [4.69, 9.17) is 5.11 Å². The van der Waals surface area contributed by atoms with Gasteiger partial charge in [-0.05, 0) is 11.2 Å². The summed E-state index contributed by atoms with van der Waals surface area (Å²) in [5.74, 6) is -1.57. The molecule has 0 bridgehead atoms. The lowest BCUT2D eigenvalue weighted by Gasteiger charge is -2.34. The monoisotopic (exact) mass is 304 g/mol. The summed E-state index contributed by atoms with van der Waals surface area (Å²) >= 11 is -1.55. The summed E-state index contributed by atoms with van der Waals surface area (Å²) in [6.45, 7) is 1.11. The van der Waals surface area contributed by atoms with Crippen molar-refractivity contribution in [3.8, 4) is 0 Å². The second-order valence-electron chi connectivity index (χ2n) is 4.44. The molecule has 1 fully saturated rings. The largest absolute Gasteiger partial charge is 0.612 e. The fourth-order valence-electron chi connectivity index (χ4n) is 2.12. The van der Waals surface area contributed by atoms with Gasteiger partial charge in [0, 0.05) is 38.3 Å². The first-order valence-electron chi connectivity index (χ1n) is 5.95. The van der Waals surface area contributed by atoms with E-state index >= 15 is 0 Å². The number of nitrogens with zero attached hydrogens (tertiary/aromatic N) is 2. The number of rotatable bonds is 2. The highest BCUT2D eigenvalue weighted by molar-refractivity contribution is 7.90. The molecule has 0 aliphatic carbocycles. The van der Waals surface area contributed by atoms with E-state index in [0.717, 1.165) is 6.07 Å². The third kappa shape index (κ3) is 2.96. The van der Waals surface area contributed by atoms with Crippen LogP contribution in [0.1, 0.15) is 0 Å². The molecule has 2 rings (SSSR count). The minimum absolute atomic E-state index is 0.0536. The van der Waals surface area contributed by atoms with Gasteiger partial charge in [-0.2, -0.15) is 0 Å². The first-order chi connectivity index (χ1) is 9.40. The summed E-state index contributed by atoms with van der Waals surface area (Å²) in [7, 11) is 0. The van der Waals surface area contributed by atoms with Crippen LogP contribution in [0.3, 0.4) is 0 Å².